The number of ether oxygens (including phenoxy) is 2. The van der Waals surface area contributed by atoms with E-state index in [0.29, 0.717) is 6.42 Å². The molecular weight excluding hydrogens is 240 g/mol. The maximum absolute atomic E-state index is 10.3. The van der Waals surface area contributed by atoms with E-state index in [4.69, 9.17) is 9.47 Å². The molecule has 0 aliphatic rings. The number of hydrogen-bond donors (Lipinski definition) is 1. The van der Waals surface area contributed by atoms with Gasteiger partial charge in [0.05, 0.1) is 5.69 Å². The summed E-state index contributed by atoms with van der Waals surface area (Å²) in [5, 5.41) is 12.3. The number of hydrogen-bond acceptors (Lipinski definition) is 5. The van der Waals surface area contributed by atoms with Gasteiger partial charge < -0.3 is 14.6 Å². The van der Waals surface area contributed by atoms with E-state index in [1.54, 1.807) is 18.3 Å². The van der Waals surface area contributed by atoms with Crippen LogP contribution in [0.3, 0.4) is 0 Å². The molecule has 0 saturated carbocycles. The number of rotatable bonds is 5. The molecule has 6 heteroatoms. The lowest BCUT2D eigenvalue weighted by Crippen LogP contribution is -2.43. The van der Waals surface area contributed by atoms with Crippen molar-refractivity contribution in [3.63, 3.8) is 0 Å². The van der Waals surface area contributed by atoms with E-state index < -0.39 is 11.9 Å². The summed E-state index contributed by atoms with van der Waals surface area (Å²) in [7, 11) is 3.02. The van der Waals surface area contributed by atoms with Crippen LogP contribution in [0.5, 0.6) is 0 Å². The SMILES string of the molecule is COC(OC)C(C)(O)Cc1cn2ccsc2n1. The first kappa shape index (κ1) is 12.5. The summed E-state index contributed by atoms with van der Waals surface area (Å²) in [5.41, 5.74) is -0.283. The minimum absolute atomic E-state index is 0.383. The van der Waals surface area contributed by atoms with E-state index in [1.807, 2.05) is 22.2 Å². The van der Waals surface area contributed by atoms with Crippen LogP contribution < -0.4 is 0 Å². The third kappa shape index (κ3) is 2.50. The summed E-state index contributed by atoms with van der Waals surface area (Å²) < 4.78 is 12.1. The largest absolute Gasteiger partial charge is 0.384 e. The molecule has 0 amide bonds. The number of thiazole rings is 1. The van der Waals surface area contributed by atoms with Gasteiger partial charge >= 0.3 is 0 Å². The van der Waals surface area contributed by atoms with E-state index in [9.17, 15) is 5.11 Å². The number of fused-ring (bicyclic) bond motifs is 1. The summed E-state index contributed by atoms with van der Waals surface area (Å²) in [5.74, 6) is 0. The van der Waals surface area contributed by atoms with Crippen LogP contribution in [0.15, 0.2) is 17.8 Å². The molecular formula is C11H16N2O3S. The van der Waals surface area contributed by atoms with E-state index in [-0.39, 0.29) is 0 Å². The van der Waals surface area contributed by atoms with Crippen molar-refractivity contribution in [2.45, 2.75) is 25.2 Å². The molecule has 2 aromatic heterocycles. The highest BCUT2D eigenvalue weighted by molar-refractivity contribution is 7.15. The number of methoxy groups -OCH3 is 2. The minimum atomic E-state index is -1.10. The lowest BCUT2D eigenvalue weighted by Gasteiger charge is -2.29. The number of imidazole rings is 1. The molecule has 1 N–H and O–H groups in total. The quantitative estimate of drug-likeness (QED) is 0.819. The van der Waals surface area contributed by atoms with Crippen molar-refractivity contribution < 1.29 is 14.6 Å². The van der Waals surface area contributed by atoms with Crippen molar-refractivity contribution >= 4 is 16.3 Å². The Bertz CT molecular complexity index is 459. The highest BCUT2D eigenvalue weighted by atomic mass is 32.1. The number of nitrogens with zero attached hydrogens (tertiary/aromatic N) is 2. The molecule has 0 radical (unpaired) electrons. The Kier molecular flexibility index (Phi) is 3.48. The Morgan fingerprint density at radius 3 is 2.82 bits per heavy atom. The van der Waals surface area contributed by atoms with Crippen LogP contribution in [0, 0.1) is 0 Å². The van der Waals surface area contributed by atoms with E-state index >= 15 is 0 Å². The van der Waals surface area contributed by atoms with Gasteiger partial charge in [-0.05, 0) is 6.92 Å². The highest BCUT2D eigenvalue weighted by Crippen LogP contribution is 2.21. The average Bonchev–Trinajstić information content (AvgIpc) is 2.78. The lowest BCUT2D eigenvalue weighted by molar-refractivity contribution is -0.207. The van der Waals surface area contributed by atoms with Crippen molar-refractivity contribution in [2.24, 2.45) is 0 Å². The summed E-state index contributed by atoms with van der Waals surface area (Å²) in [6.07, 6.45) is 3.56. The monoisotopic (exact) mass is 256 g/mol. The van der Waals surface area contributed by atoms with Gasteiger partial charge in [0.2, 0.25) is 0 Å². The first-order chi connectivity index (χ1) is 8.06. The van der Waals surface area contributed by atoms with Crippen LogP contribution in [0.1, 0.15) is 12.6 Å². The van der Waals surface area contributed by atoms with Gasteiger partial charge in [0.15, 0.2) is 11.3 Å². The Balaban J connectivity index is 2.17. The van der Waals surface area contributed by atoms with Gasteiger partial charge in [0, 0.05) is 38.4 Å². The van der Waals surface area contributed by atoms with Gasteiger partial charge in [-0.1, -0.05) is 0 Å². The molecule has 94 valence electrons. The van der Waals surface area contributed by atoms with Gasteiger partial charge in [0.1, 0.15) is 5.60 Å². The van der Waals surface area contributed by atoms with Crippen LogP contribution in [0.25, 0.3) is 4.96 Å². The molecule has 2 heterocycles. The maximum atomic E-state index is 10.3. The van der Waals surface area contributed by atoms with E-state index in [0.717, 1.165) is 10.7 Å². The predicted octanol–water partition coefficient (Wildman–Crippen LogP) is 1.31. The van der Waals surface area contributed by atoms with E-state index in [2.05, 4.69) is 4.98 Å². The molecule has 5 nitrogen and oxygen atoms in total. The normalized spacial score (nSPS) is 15.6. The summed E-state index contributed by atoms with van der Waals surface area (Å²) >= 11 is 1.56. The smallest absolute Gasteiger partial charge is 0.193 e. The van der Waals surface area contributed by atoms with Crippen molar-refractivity contribution in [1.29, 1.82) is 0 Å². The number of aliphatic hydroxyl groups is 1. The highest BCUT2D eigenvalue weighted by Gasteiger charge is 2.33. The third-order valence-corrected chi connectivity index (χ3v) is 3.39. The second kappa shape index (κ2) is 4.73. The molecule has 2 aromatic rings. The van der Waals surface area contributed by atoms with Crippen LogP contribution in [-0.4, -0.2) is 40.6 Å². The lowest BCUT2D eigenvalue weighted by atomic mass is 10.00. The Morgan fingerprint density at radius 1 is 1.53 bits per heavy atom. The van der Waals surface area contributed by atoms with Crippen LogP contribution >= 0.6 is 11.3 Å². The van der Waals surface area contributed by atoms with Gasteiger partial charge in [-0.2, -0.15) is 0 Å². The second-order valence-corrected chi connectivity index (χ2v) is 5.04. The molecule has 0 saturated heterocycles. The fraction of sp³-hybridized carbons (Fsp3) is 0.545. The molecule has 0 aliphatic carbocycles. The molecule has 1 unspecified atom stereocenters. The zero-order valence-electron chi connectivity index (χ0n) is 10.1. The molecule has 0 bridgehead atoms. The molecule has 0 spiro atoms. The third-order valence-electron chi connectivity index (χ3n) is 2.62. The zero-order chi connectivity index (χ0) is 12.5. The Morgan fingerprint density at radius 2 is 2.24 bits per heavy atom. The van der Waals surface area contributed by atoms with Crippen LogP contribution in [0.4, 0.5) is 0 Å². The van der Waals surface area contributed by atoms with Gasteiger partial charge in [-0.15, -0.1) is 11.3 Å². The molecule has 17 heavy (non-hydrogen) atoms. The van der Waals surface area contributed by atoms with Gasteiger partial charge in [-0.3, -0.25) is 4.40 Å². The van der Waals surface area contributed by atoms with Gasteiger partial charge in [0.25, 0.3) is 0 Å². The van der Waals surface area contributed by atoms with Crippen molar-refractivity contribution in [3.05, 3.63) is 23.5 Å². The summed E-state index contributed by atoms with van der Waals surface area (Å²) in [6.45, 7) is 1.68. The summed E-state index contributed by atoms with van der Waals surface area (Å²) in [4.78, 5) is 5.34. The zero-order valence-corrected chi connectivity index (χ0v) is 10.9. The second-order valence-electron chi connectivity index (χ2n) is 4.16. The van der Waals surface area contributed by atoms with Crippen LogP contribution in [0.2, 0.25) is 0 Å². The molecule has 1 atom stereocenters. The summed E-state index contributed by atoms with van der Waals surface area (Å²) in [6, 6.07) is 0. The minimum Gasteiger partial charge on any atom is -0.384 e. The topological polar surface area (TPSA) is 56.0 Å². The first-order valence-electron chi connectivity index (χ1n) is 5.26. The predicted molar refractivity (Wildman–Crippen MR) is 65.2 cm³/mol. The Hall–Kier alpha value is -0.950. The molecule has 2 rings (SSSR count). The fourth-order valence-electron chi connectivity index (χ4n) is 1.92. The maximum Gasteiger partial charge on any atom is 0.193 e. The van der Waals surface area contributed by atoms with E-state index in [1.165, 1.54) is 14.2 Å². The van der Waals surface area contributed by atoms with Crippen molar-refractivity contribution in [1.82, 2.24) is 9.38 Å². The van der Waals surface area contributed by atoms with Gasteiger partial charge in [-0.25, -0.2) is 4.98 Å². The molecule has 0 aromatic carbocycles. The van der Waals surface area contributed by atoms with Crippen LogP contribution in [-0.2, 0) is 15.9 Å². The first-order valence-corrected chi connectivity index (χ1v) is 6.14. The molecule has 0 fully saturated rings. The number of aromatic nitrogens is 2. The molecule has 0 aliphatic heterocycles. The fourth-order valence-corrected chi connectivity index (χ4v) is 2.63. The van der Waals surface area contributed by atoms with Crippen molar-refractivity contribution in [2.75, 3.05) is 14.2 Å². The Labute approximate surface area is 104 Å². The standard InChI is InChI=1S/C11H16N2O3S/c1-11(14,9(15-2)16-3)6-8-7-13-4-5-17-10(13)12-8/h4-5,7,9,14H,6H2,1-3H3. The average molecular weight is 256 g/mol. The van der Waals surface area contributed by atoms with Crippen molar-refractivity contribution in [3.8, 4) is 0 Å².